The summed E-state index contributed by atoms with van der Waals surface area (Å²) in [7, 11) is 1.67. The Labute approximate surface area is 101 Å². The lowest BCUT2D eigenvalue weighted by Gasteiger charge is -2.31. The Morgan fingerprint density at radius 2 is 2.29 bits per heavy atom. The predicted molar refractivity (Wildman–Crippen MR) is 63.6 cm³/mol. The number of hydrogen-bond donors (Lipinski definition) is 1. The molecule has 0 spiro atoms. The van der Waals surface area contributed by atoms with Crippen LogP contribution in [0.4, 0.5) is 0 Å². The maximum absolute atomic E-state index is 5.88. The van der Waals surface area contributed by atoms with Gasteiger partial charge in [-0.15, -0.1) is 0 Å². The van der Waals surface area contributed by atoms with Crippen LogP contribution in [-0.4, -0.2) is 32.9 Å². The van der Waals surface area contributed by atoms with E-state index >= 15 is 0 Å². The Bertz CT molecular complexity index is 408. The Kier molecular flexibility index (Phi) is 2.91. The second-order valence-electron chi connectivity index (χ2n) is 4.39. The van der Waals surface area contributed by atoms with Crippen LogP contribution in [0.25, 0.3) is 0 Å². The van der Waals surface area contributed by atoms with Crippen LogP contribution in [0, 0.1) is 0 Å². The number of ether oxygens (including phenoxy) is 3. The van der Waals surface area contributed by atoms with Crippen LogP contribution in [0.15, 0.2) is 18.2 Å². The minimum Gasteiger partial charge on any atom is -0.497 e. The molecule has 1 aromatic rings. The van der Waals surface area contributed by atoms with Gasteiger partial charge in [0.25, 0.3) is 0 Å². The predicted octanol–water partition coefficient (Wildman–Crippen LogP) is 1.51. The maximum atomic E-state index is 5.88. The smallest absolute Gasteiger partial charge is 0.128 e. The molecule has 2 aliphatic heterocycles. The summed E-state index contributed by atoms with van der Waals surface area (Å²) < 4.78 is 16.9. The van der Waals surface area contributed by atoms with Crippen molar-refractivity contribution < 1.29 is 14.2 Å². The third-order valence-electron chi connectivity index (χ3n) is 3.39. The number of morpholine rings is 1. The fourth-order valence-corrected chi connectivity index (χ4v) is 2.51. The van der Waals surface area contributed by atoms with Crippen LogP contribution in [0.3, 0.4) is 0 Å². The topological polar surface area (TPSA) is 39.7 Å². The van der Waals surface area contributed by atoms with Crippen LogP contribution >= 0.6 is 0 Å². The highest BCUT2D eigenvalue weighted by molar-refractivity contribution is 5.43. The maximum Gasteiger partial charge on any atom is 0.128 e. The van der Waals surface area contributed by atoms with Crippen molar-refractivity contribution in [2.45, 2.75) is 18.6 Å². The fourth-order valence-electron chi connectivity index (χ4n) is 2.51. The van der Waals surface area contributed by atoms with Crippen molar-refractivity contribution in [2.75, 3.05) is 26.9 Å². The van der Waals surface area contributed by atoms with Gasteiger partial charge in [-0.05, 0) is 18.6 Å². The molecule has 4 nitrogen and oxygen atoms in total. The molecule has 0 aliphatic carbocycles. The average Bonchev–Trinajstić information content (AvgIpc) is 2.57. The first-order valence-electron chi connectivity index (χ1n) is 6.04. The van der Waals surface area contributed by atoms with Gasteiger partial charge in [0.2, 0.25) is 0 Å². The summed E-state index contributed by atoms with van der Waals surface area (Å²) in [5, 5.41) is 3.49. The summed E-state index contributed by atoms with van der Waals surface area (Å²) in [5.41, 5.74) is 1.13. The summed E-state index contributed by atoms with van der Waals surface area (Å²) in [5.74, 6) is 1.71. The molecule has 1 N–H and O–H groups in total. The second-order valence-corrected chi connectivity index (χ2v) is 4.39. The molecule has 2 aliphatic rings. The van der Waals surface area contributed by atoms with Gasteiger partial charge in [0.05, 0.1) is 20.3 Å². The lowest BCUT2D eigenvalue weighted by atomic mass is 9.99. The van der Waals surface area contributed by atoms with E-state index in [-0.39, 0.29) is 6.10 Å². The molecule has 1 fully saturated rings. The Hall–Kier alpha value is -1.26. The summed E-state index contributed by atoms with van der Waals surface area (Å²) in [6.07, 6.45) is 1.08. The van der Waals surface area contributed by atoms with E-state index < -0.39 is 0 Å². The summed E-state index contributed by atoms with van der Waals surface area (Å²) in [6, 6.07) is 6.31. The first kappa shape index (κ1) is 10.9. The zero-order chi connectivity index (χ0) is 11.7. The number of fused-ring (bicyclic) bond motifs is 3. The molecule has 0 bridgehead atoms. The van der Waals surface area contributed by atoms with Gasteiger partial charge in [-0.2, -0.15) is 0 Å². The standard InChI is InChI=1S/C13H17NO3/c1-15-9-2-3-10-12(8-9)16-6-4-11-13(10)17-7-5-14-11/h2-3,8,11,13-14H,4-7H2,1H3/t11-,13-/m0/s1. The van der Waals surface area contributed by atoms with Gasteiger partial charge >= 0.3 is 0 Å². The molecule has 3 rings (SSSR count). The molecule has 0 unspecified atom stereocenters. The monoisotopic (exact) mass is 235 g/mol. The molecule has 2 atom stereocenters. The van der Waals surface area contributed by atoms with Gasteiger partial charge in [-0.3, -0.25) is 0 Å². The normalized spacial score (nSPS) is 27.4. The number of hydrogen-bond acceptors (Lipinski definition) is 4. The van der Waals surface area contributed by atoms with Crippen molar-refractivity contribution in [3.8, 4) is 11.5 Å². The third kappa shape index (κ3) is 1.98. The molecule has 17 heavy (non-hydrogen) atoms. The van der Waals surface area contributed by atoms with Gasteiger partial charge in [0, 0.05) is 24.2 Å². The first-order valence-corrected chi connectivity index (χ1v) is 6.04. The first-order chi connectivity index (χ1) is 8.38. The highest BCUT2D eigenvalue weighted by Crippen LogP contribution is 2.37. The van der Waals surface area contributed by atoms with Crippen LogP contribution in [0.2, 0.25) is 0 Å². The number of rotatable bonds is 1. The highest BCUT2D eigenvalue weighted by Gasteiger charge is 2.31. The zero-order valence-electron chi connectivity index (χ0n) is 9.94. The van der Waals surface area contributed by atoms with E-state index in [0.717, 1.165) is 43.2 Å². The van der Waals surface area contributed by atoms with Crippen molar-refractivity contribution in [2.24, 2.45) is 0 Å². The Balaban J connectivity index is 1.97. The second kappa shape index (κ2) is 4.55. The van der Waals surface area contributed by atoms with Crippen molar-refractivity contribution >= 4 is 0 Å². The fraction of sp³-hybridized carbons (Fsp3) is 0.538. The summed E-state index contributed by atoms with van der Waals surface area (Å²) >= 11 is 0. The van der Waals surface area contributed by atoms with E-state index in [4.69, 9.17) is 14.2 Å². The zero-order valence-corrected chi connectivity index (χ0v) is 9.94. The van der Waals surface area contributed by atoms with Crippen molar-refractivity contribution in [3.05, 3.63) is 23.8 Å². The minimum atomic E-state index is 0.104. The van der Waals surface area contributed by atoms with Gasteiger partial charge in [0.1, 0.15) is 17.6 Å². The average molecular weight is 235 g/mol. The molecule has 92 valence electrons. The molecule has 0 amide bonds. The van der Waals surface area contributed by atoms with Crippen molar-refractivity contribution in [3.63, 3.8) is 0 Å². The van der Waals surface area contributed by atoms with Gasteiger partial charge in [0.15, 0.2) is 0 Å². The van der Waals surface area contributed by atoms with E-state index in [1.54, 1.807) is 7.11 Å². The van der Waals surface area contributed by atoms with Gasteiger partial charge < -0.3 is 19.5 Å². The number of nitrogens with one attached hydrogen (secondary N) is 1. The van der Waals surface area contributed by atoms with E-state index in [2.05, 4.69) is 5.32 Å². The largest absolute Gasteiger partial charge is 0.497 e. The number of benzene rings is 1. The SMILES string of the molecule is COc1ccc2c(c1)OCC[C@@H]1NCCO[C@@H]21. The lowest BCUT2D eigenvalue weighted by molar-refractivity contribution is -0.00585. The van der Waals surface area contributed by atoms with E-state index in [1.807, 2.05) is 18.2 Å². The molecule has 4 heteroatoms. The molecular formula is C13H17NO3. The van der Waals surface area contributed by atoms with Crippen LogP contribution in [0.1, 0.15) is 18.1 Å². The Morgan fingerprint density at radius 1 is 1.35 bits per heavy atom. The van der Waals surface area contributed by atoms with Crippen molar-refractivity contribution in [1.82, 2.24) is 5.32 Å². The molecule has 0 radical (unpaired) electrons. The molecule has 0 aromatic heterocycles. The minimum absolute atomic E-state index is 0.104. The van der Waals surface area contributed by atoms with Crippen LogP contribution in [-0.2, 0) is 4.74 Å². The lowest BCUT2D eigenvalue weighted by Crippen LogP contribution is -2.43. The molecule has 2 heterocycles. The van der Waals surface area contributed by atoms with Crippen LogP contribution < -0.4 is 14.8 Å². The molecule has 1 aromatic carbocycles. The quantitative estimate of drug-likeness (QED) is 0.801. The van der Waals surface area contributed by atoms with Crippen molar-refractivity contribution in [1.29, 1.82) is 0 Å². The third-order valence-corrected chi connectivity index (χ3v) is 3.39. The van der Waals surface area contributed by atoms with E-state index in [1.165, 1.54) is 0 Å². The van der Waals surface area contributed by atoms with Gasteiger partial charge in [-0.1, -0.05) is 0 Å². The molecule has 0 saturated carbocycles. The van der Waals surface area contributed by atoms with E-state index in [0.29, 0.717) is 6.04 Å². The Morgan fingerprint density at radius 3 is 3.18 bits per heavy atom. The number of methoxy groups -OCH3 is 1. The molecule has 1 saturated heterocycles. The molecular weight excluding hydrogens is 218 g/mol. The van der Waals surface area contributed by atoms with E-state index in [9.17, 15) is 0 Å². The highest BCUT2D eigenvalue weighted by atomic mass is 16.5. The van der Waals surface area contributed by atoms with Gasteiger partial charge in [-0.25, -0.2) is 0 Å². The summed E-state index contributed by atoms with van der Waals surface area (Å²) in [6.45, 7) is 2.40. The summed E-state index contributed by atoms with van der Waals surface area (Å²) in [4.78, 5) is 0. The van der Waals surface area contributed by atoms with Crippen LogP contribution in [0.5, 0.6) is 11.5 Å².